The molecule has 4 aromatic heterocycles. The first-order valence-electron chi connectivity index (χ1n) is 10.3. The maximum atomic E-state index is 6.11. The normalized spacial score (nSPS) is 11.1. The van der Waals surface area contributed by atoms with Gasteiger partial charge in [-0.05, 0) is 24.3 Å². The smallest absolute Gasteiger partial charge is 0.221 e. The van der Waals surface area contributed by atoms with Gasteiger partial charge in [0.1, 0.15) is 5.58 Å². The Bertz CT molecular complexity index is 1560. The lowest BCUT2D eigenvalue weighted by Gasteiger charge is -2.08. The first-order chi connectivity index (χ1) is 15.8. The molecule has 32 heavy (non-hydrogen) atoms. The molecule has 0 amide bonds. The number of benzene rings is 2. The molecular weight excluding hydrogens is 398 g/mol. The molecule has 0 N–H and O–H groups in total. The fraction of sp³-hybridized carbons (Fsp3) is 0. The Morgan fingerprint density at radius 2 is 1.38 bits per heavy atom. The zero-order valence-electron chi connectivity index (χ0n) is 17.0. The van der Waals surface area contributed by atoms with Crippen LogP contribution in [0.15, 0.2) is 108 Å². The third kappa shape index (κ3) is 3.26. The average molecular weight is 415 g/mol. The van der Waals surface area contributed by atoms with Crippen molar-refractivity contribution in [2.45, 2.75) is 0 Å². The molecule has 4 heterocycles. The second-order valence-corrected chi connectivity index (χ2v) is 7.35. The number of rotatable bonds is 4. The zero-order valence-corrected chi connectivity index (χ0v) is 17.0. The van der Waals surface area contributed by atoms with Crippen molar-refractivity contribution >= 4 is 21.9 Å². The van der Waals surface area contributed by atoms with Crippen LogP contribution in [-0.2, 0) is 0 Å². The van der Waals surface area contributed by atoms with Crippen LogP contribution in [0.3, 0.4) is 0 Å². The van der Waals surface area contributed by atoms with Crippen LogP contribution in [0.1, 0.15) is 0 Å². The molecule has 0 spiro atoms. The van der Waals surface area contributed by atoms with Crippen molar-refractivity contribution in [2.24, 2.45) is 0 Å². The van der Waals surface area contributed by atoms with Gasteiger partial charge in [-0.15, -0.1) is 0 Å². The summed E-state index contributed by atoms with van der Waals surface area (Å²) in [7, 11) is 0. The van der Waals surface area contributed by atoms with Crippen molar-refractivity contribution in [3.8, 4) is 34.3 Å². The number of furan rings is 1. The first-order valence-corrected chi connectivity index (χ1v) is 10.3. The summed E-state index contributed by atoms with van der Waals surface area (Å²) in [5.41, 5.74) is 5.08. The maximum Gasteiger partial charge on any atom is 0.221 e. The van der Waals surface area contributed by atoms with E-state index < -0.39 is 0 Å². The lowest BCUT2D eigenvalue weighted by Crippen LogP contribution is -1.93. The highest BCUT2D eigenvalue weighted by Crippen LogP contribution is 2.35. The van der Waals surface area contributed by atoms with Crippen LogP contribution in [0.5, 0.6) is 11.8 Å². The van der Waals surface area contributed by atoms with Crippen LogP contribution >= 0.6 is 0 Å². The predicted molar refractivity (Wildman–Crippen MR) is 124 cm³/mol. The van der Waals surface area contributed by atoms with E-state index in [0.717, 1.165) is 44.5 Å². The molecule has 0 aliphatic carbocycles. The molecule has 0 radical (unpaired) electrons. The van der Waals surface area contributed by atoms with Crippen LogP contribution < -0.4 is 4.74 Å². The molecule has 6 aromatic rings. The topological polar surface area (TPSA) is 61.0 Å². The van der Waals surface area contributed by atoms with E-state index in [4.69, 9.17) is 14.1 Å². The Morgan fingerprint density at radius 1 is 0.625 bits per heavy atom. The van der Waals surface area contributed by atoms with E-state index in [2.05, 4.69) is 9.97 Å². The third-order valence-corrected chi connectivity index (χ3v) is 5.30. The number of hydrogen-bond acceptors (Lipinski definition) is 5. The Morgan fingerprint density at radius 3 is 2.22 bits per heavy atom. The SMILES string of the molecule is c1ccc(-c2cccc(Oc3cccc(-c4cccc5c4oc4cnccc45)n3)n2)cc1. The molecule has 6 rings (SSSR count). The maximum absolute atomic E-state index is 6.11. The molecule has 152 valence electrons. The summed E-state index contributed by atoms with van der Waals surface area (Å²) in [6, 6.07) is 29.4. The van der Waals surface area contributed by atoms with Crippen LogP contribution in [0.4, 0.5) is 0 Å². The van der Waals surface area contributed by atoms with Gasteiger partial charge in [-0.2, -0.15) is 0 Å². The lowest BCUT2D eigenvalue weighted by molar-refractivity contribution is 0.446. The van der Waals surface area contributed by atoms with Crippen molar-refractivity contribution in [3.05, 3.63) is 103 Å². The highest BCUT2D eigenvalue weighted by Gasteiger charge is 2.13. The second kappa shape index (κ2) is 7.63. The molecule has 0 saturated heterocycles. The summed E-state index contributed by atoms with van der Waals surface area (Å²) in [5.74, 6) is 0.957. The monoisotopic (exact) mass is 415 g/mol. The predicted octanol–water partition coefficient (Wildman–Crippen LogP) is 6.90. The Balaban J connectivity index is 1.37. The minimum Gasteiger partial charge on any atom is -0.454 e. The van der Waals surface area contributed by atoms with E-state index >= 15 is 0 Å². The first kappa shape index (κ1) is 18.3. The van der Waals surface area contributed by atoms with Gasteiger partial charge >= 0.3 is 0 Å². The molecular formula is C27H17N3O2. The van der Waals surface area contributed by atoms with Gasteiger partial charge in [0.2, 0.25) is 11.8 Å². The van der Waals surface area contributed by atoms with Gasteiger partial charge in [-0.3, -0.25) is 4.98 Å². The quantitative estimate of drug-likeness (QED) is 0.313. The number of nitrogens with zero attached hydrogens (tertiary/aromatic N) is 3. The van der Waals surface area contributed by atoms with E-state index in [9.17, 15) is 0 Å². The summed E-state index contributed by atoms with van der Waals surface area (Å²) in [5, 5.41) is 2.07. The molecule has 0 aliphatic rings. The van der Waals surface area contributed by atoms with Gasteiger partial charge in [0.25, 0.3) is 0 Å². The molecule has 0 bridgehead atoms. The molecule has 0 fully saturated rings. The largest absolute Gasteiger partial charge is 0.454 e. The van der Waals surface area contributed by atoms with Crippen molar-refractivity contribution < 1.29 is 9.15 Å². The van der Waals surface area contributed by atoms with Gasteiger partial charge in [-0.25, -0.2) is 9.97 Å². The summed E-state index contributed by atoms with van der Waals surface area (Å²) >= 11 is 0. The van der Waals surface area contributed by atoms with Gasteiger partial charge in [0.05, 0.1) is 17.6 Å². The van der Waals surface area contributed by atoms with Gasteiger partial charge in [-0.1, -0.05) is 54.6 Å². The zero-order chi connectivity index (χ0) is 21.3. The fourth-order valence-corrected chi connectivity index (χ4v) is 3.82. The summed E-state index contributed by atoms with van der Waals surface area (Å²) in [4.78, 5) is 13.5. The van der Waals surface area contributed by atoms with Crippen LogP contribution in [0.2, 0.25) is 0 Å². The summed E-state index contributed by atoms with van der Waals surface area (Å²) in [6.45, 7) is 0. The van der Waals surface area contributed by atoms with E-state index in [0.29, 0.717) is 11.8 Å². The van der Waals surface area contributed by atoms with Crippen molar-refractivity contribution in [3.63, 3.8) is 0 Å². The van der Waals surface area contributed by atoms with Gasteiger partial charge in [0, 0.05) is 40.2 Å². The lowest BCUT2D eigenvalue weighted by atomic mass is 10.1. The molecule has 5 heteroatoms. The molecule has 0 unspecified atom stereocenters. The Hall–Kier alpha value is -4.51. The molecule has 0 atom stereocenters. The Labute approximate surface area is 184 Å². The fourth-order valence-electron chi connectivity index (χ4n) is 3.82. The second-order valence-electron chi connectivity index (χ2n) is 7.35. The summed E-state index contributed by atoms with van der Waals surface area (Å²) < 4.78 is 12.1. The van der Waals surface area contributed by atoms with Crippen molar-refractivity contribution in [1.29, 1.82) is 0 Å². The Kier molecular flexibility index (Phi) is 4.36. The molecule has 0 saturated carbocycles. The number of para-hydroxylation sites is 1. The highest BCUT2D eigenvalue weighted by molar-refractivity contribution is 6.08. The van der Waals surface area contributed by atoms with E-state index in [1.165, 1.54) is 0 Å². The van der Waals surface area contributed by atoms with E-state index in [1.807, 2.05) is 91.0 Å². The van der Waals surface area contributed by atoms with Gasteiger partial charge in [0.15, 0.2) is 5.58 Å². The molecule has 5 nitrogen and oxygen atoms in total. The van der Waals surface area contributed by atoms with Crippen LogP contribution in [0.25, 0.3) is 44.5 Å². The van der Waals surface area contributed by atoms with E-state index in [1.54, 1.807) is 12.4 Å². The third-order valence-electron chi connectivity index (χ3n) is 5.30. The minimum absolute atomic E-state index is 0.468. The standard InChI is InChI=1S/C27H17N3O2/c1-2-7-18(8-3-1)22-11-5-13-25(29-22)32-26-14-6-12-23(30-26)21-10-4-9-20-19-15-16-28-17-24(19)31-27(20)21/h1-17H. The van der Waals surface area contributed by atoms with Crippen LogP contribution in [0, 0.1) is 0 Å². The minimum atomic E-state index is 0.468. The average Bonchev–Trinajstić information content (AvgIpc) is 3.24. The van der Waals surface area contributed by atoms with Gasteiger partial charge < -0.3 is 9.15 Å². The highest BCUT2D eigenvalue weighted by atomic mass is 16.5. The molecule has 2 aromatic carbocycles. The molecule has 0 aliphatic heterocycles. The number of fused-ring (bicyclic) bond motifs is 3. The van der Waals surface area contributed by atoms with Crippen LogP contribution in [-0.4, -0.2) is 15.0 Å². The number of hydrogen-bond donors (Lipinski definition) is 0. The summed E-state index contributed by atoms with van der Waals surface area (Å²) in [6.07, 6.45) is 3.50. The van der Waals surface area contributed by atoms with Crippen molar-refractivity contribution in [1.82, 2.24) is 15.0 Å². The number of ether oxygens (including phenoxy) is 1. The number of pyridine rings is 3. The van der Waals surface area contributed by atoms with E-state index in [-0.39, 0.29) is 0 Å². The van der Waals surface area contributed by atoms with Crippen molar-refractivity contribution in [2.75, 3.05) is 0 Å². The number of aromatic nitrogens is 3.